The molecule has 2 unspecified atom stereocenters. The zero-order chi connectivity index (χ0) is 27.2. The molecule has 0 radical (unpaired) electrons. The Morgan fingerprint density at radius 2 is 1.79 bits per heavy atom. The highest BCUT2D eigenvalue weighted by Gasteiger charge is 2.22. The van der Waals surface area contributed by atoms with E-state index in [0.29, 0.717) is 24.2 Å². The normalized spacial score (nSPS) is 20.4. The minimum absolute atomic E-state index is 0.211. The van der Waals surface area contributed by atoms with Crippen molar-refractivity contribution in [2.45, 2.75) is 71.1 Å². The molecule has 7 nitrogen and oxygen atoms in total. The van der Waals surface area contributed by atoms with Gasteiger partial charge in [-0.15, -0.1) is 0 Å². The molecule has 4 heterocycles. The molecular weight excluding hydrogens is 506 g/mol. The molecular formula is C31H35N5O2S. The lowest BCUT2D eigenvalue weighted by Crippen LogP contribution is -2.17. The van der Waals surface area contributed by atoms with Crippen LogP contribution in [0, 0.1) is 11.8 Å². The first-order chi connectivity index (χ1) is 18.9. The number of nitrogens with zero attached hydrogens (tertiary/aromatic N) is 4. The van der Waals surface area contributed by atoms with Gasteiger partial charge >= 0.3 is 0 Å². The van der Waals surface area contributed by atoms with Crippen molar-refractivity contribution in [1.29, 1.82) is 0 Å². The van der Waals surface area contributed by atoms with Gasteiger partial charge < -0.3 is 5.32 Å². The highest BCUT2D eigenvalue weighted by atomic mass is 32.1. The third kappa shape index (κ3) is 7.12. The fraction of sp³-hybridized carbons (Fsp3) is 0.419. The van der Waals surface area contributed by atoms with Crippen LogP contribution in [0.5, 0.6) is 0 Å². The summed E-state index contributed by atoms with van der Waals surface area (Å²) < 4.78 is 0. The zero-order valence-electron chi connectivity index (χ0n) is 22.6. The minimum Gasteiger partial charge on any atom is -0.316 e. The fourth-order valence-electron chi connectivity index (χ4n) is 5.56. The second-order valence-corrected chi connectivity index (χ2v) is 11.8. The van der Waals surface area contributed by atoms with Crippen LogP contribution in [0.3, 0.4) is 0 Å². The second-order valence-electron chi connectivity index (χ2n) is 10.8. The van der Waals surface area contributed by atoms with Crippen LogP contribution in [0.4, 0.5) is 10.9 Å². The number of nitrogens with one attached hydrogen (secondary N) is 1. The molecule has 0 bridgehead atoms. The number of hydrogen-bond acceptors (Lipinski definition) is 8. The van der Waals surface area contributed by atoms with E-state index in [-0.39, 0.29) is 11.6 Å². The molecule has 3 atom stereocenters. The highest BCUT2D eigenvalue weighted by Crippen LogP contribution is 2.36. The van der Waals surface area contributed by atoms with Gasteiger partial charge in [-0.2, -0.15) is 0 Å². The molecule has 5 rings (SSSR count). The summed E-state index contributed by atoms with van der Waals surface area (Å²) in [5.74, 6) is 1.64. The van der Waals surface area contributed by atoms with Gasteiger partial charge in [-0.1, -0.05) is 43.9 Å². The first-order valence-corrected chi connectivity index (χ1v) is 14.7. The number of carbonyl (C=O) groups excluding carboxylic acids is 2. The van der Waals surface area contributed by atoms with Crippen molar-refractivity contribution in [3.63, 3.8) is 0 Å². The van der Waals surface area contributed by atoms with E-state index in [1.54, 1.807) is 12.4 Å². The maximum absolute atomic E-state index is 12.0. The van der Waals surface area contributed by atoms with Crippen LogP contribution in [0.25, 0.3) is 21.6 Å². The Morgan fingerprint density at radius 1 is 0.974 bits per heavy atom. The summed E-state index contributed by atoms with van der Waals surface area (Å²) in [6, 6.07) is 12.2. The van der Waals surface area contributed by atoms with Crippen LogP contribution >= 0.6 is 11.3 Å². The van der Waals surface area contributed by atoms with Gasteiger partial charge in [0, 0.05) is 37.5 Å². The largest absolute Gasteiger partial charge is 0.316 e. The van der Waals surface area contributed by atoms with Gasteiger partial charge in [0.1, 0.15) is 16.2 Å². The molecule has 0 spiro atoms. The number of fused-ring (bicyclic) bond motifs is 1. The number of hydrogen-bond donors (Lipinski definition) is 1. The Labute approximate surface area is 233 Å². The van der Waals surface area contributed by atoms with Gasteiger partial charge in [0.2, 0.25) is 0 Å². The Balaban J connectivity index is 1.26. The summed E-state index contributed by atoms with van der Waals surface area (Å²) in [5.41, 5.74) is 4.11. The summed E-state index contributed by atoms with van der Waals surface area (Å²) >= 11 is 1.53. The molecule has 0 amide bonds. The summed E-state index contributed by atoms with van der Waals surface area (Å²) in [6.45, 7) is 3.70. The van der Waals surface area contributed by atoms with Gasteiger partial charge in [-0.3, -0.25) is 14.6 Å². The Morgan fingerprint density at radius 3 is 2.62 bits per heavy atom. The Kier molecular flexibility index (Phi) is 8.71. The van der Waals surface area contributed by atoms with Crippen molar-refractivity contribution in [1.82, 2.24) is 19.9 Å². The SMILES string of the molecule is CC(=O)C(=O)CC1CCCCC(c2ccnc(Nc3nc4ccc(-c5ccncc5)nc4s3)c2)C[C@H](C)CC1. The average Bonchev–Trinajstić information content (AvgIpc) is 3.35. The molecule has 0 aliphatic heterocycles. The van der Waals surface area contributed by atoms with E-state index in [4.69, 9.17) is 9.97 Å². The van der Waals surface area contributed by atoms with Gasteiger partial charge in [0.25, 0.3) is 0 Å². The molecule has 1 saturated carbocycles. The summed E-state index contributed by atoms with van der Waals surface area (Å²) in [5, 5.41) is 4.19. The Bertz CT molecular complexity index is 1440. The first kappa shape index (κ1) is 27.1. The number of pyridine rings is 3. The molecule has 4 aromatic heterocycles. The van der Waals surface area contributed by atoms with E-state index in [9.17, 15) is 9.59 Å². The van der Waals surface area contributed by atoms with Crippen molar-refractivity contribution in [2.24, 2.45) is 11.8 Å². The summed E-state index contributed by atoms with van der Waals surface area (Å²) in [6.07, 6.45) is 13.4. The second kappa shape index (κ2) is 12.6. The fourth-order valence-corrected chi connectivity index (χ4v) is 6.40. The lowest BCUT2D eigenvalue weighted by Gasteiger charge is -2.26. The van der Waals surface area contributed by atoms with Crippen LogP contribution in [-0.2, 0) is 9.59 Å². The first-order valence-electron chi connectivity index (χ1n) is 13.9. The monoisotopic (exact) mass is 541 g/mol. The predicted molar refractivity (Wildman–Crippen MR) is 156 cm³/mol. The number of Topliss-reactive ketones (excluding diaryl/α,β-unsaturated/α-hetero) is 2. The van der Waals surface area contributed by atoms with E-state index < -0.39 is 0 Å². The average molecular weight is 542 g/mol. The Hall–Kier alpha value is -3.52. The maximum atomic E-state index is 12.0. The maximum Gasteiger partial charge on any atom is 0.198 e. The van der Waals surface area contributed by atoms with Crippen LogP contribution in [-0.4, -0.2) is 31.5 Å². The number of anilines is 2. The van der Waals surface area contributed by atoms with Gasteiger partial charge in [-0.25, -0.2) is 15.0 Å². The molecule has 202 valence electrons. The van der Waals surface area contributed by atoms with Crippen LogP contribution in [0.1, 0.15) is 76.7 Å². The topological polar surface area (TPSA) is 97.7 Å². The minimum atomic E-state index is -0.306. The van der Waals surface area contributed by atoms with E-state index in [0.717, 1.165) is 77.5 Å². The molecule has 1 aliphatic rings. The lowest BCUT2D eigenvalue weighted by molar-refractivity contribution is -0.136. The summed E-state index contributed by atoms with van der Waals surface area (Å²) in [7, 11) is 0. The highest BCUT2D eigenvalue weighted by molar-refractivity contribution is 7.21. The molecule has 1 N–H and O–H groups in total. The molecule has 4 aromatic rings. The predicted octanol–water partition coefficient (Wildman–Crippen LogP) is 7.52. The number of thiazole rings is 1. The molecule has 1 fully saturated rings. The van der Waals surface area contributed by atoms with Crippen molar-refractivity contribution in [3.8, 4) is 11.3 Å². The van der Waals surface area contributed by atoms with E-state index in [1.807, 2.05) is 30.5 Å². The molecule has 8 heteroatoms. The lowest BCUT2D eigenvalue weighted by atomic mass is 9.80. The quantitative estimate of drug-likeness (QED) is 0.242. The van der Waals surface area contributed by atoms with Crippen LogP contribution in [0.15, 0.2) is 55.0 Å². The van der Waals surface area contributed by atoms with E-state index in [1.165, 1.54) is 23.8 Å². The number of rotatable bonds is 7. The van der Waals surface area contributed by atoms with Crippen LogP contribution in [0.2, 0.25) is 0 Å². The van der Waals surface area contributed by atoms with Crippen molar-refractivity contribution >= 4 is 44.2 Å². The molecule has 1 aliphatic carbocycles. The van der Waals surface area contributed by atoms with E-state index >= 15 is 0 Å². The number of ketones is 2. The standard InChI is InChI=1S/C31H35N5O2S/c1-20-7-8-22(18-28(38)21(2)37)5-3-4-6-24(17-20)25-13-16-33-29(19-25)36-31-35-27-10-9-26(34-30(27)39-31)23-11-14-32-15-12-23/h9-16,19-20,22,24H,3-8,17-18H2,1-2H3,(H,33,35,36)/t20-,22?,24?/m1/s1. The van der Waals surface area contributed by atoms with Crippen molar-refractivity contribution in [2.75, 3.05) is 5.32 Å². The van der Waals surface area contributed by atoms with Gasteiger partial charge in [0.15, 0.2) is 16.7 Å². The van der Waals surface area contributed by atoms with Crippen molar-refractivity contribution < 1.29 is 9.59 Å². The zero-order valence-corrected chi connectivity index (χ0v) is 23.4. The smallest absolute Gasteiger partial charge is 0.198 e. The van der Waals surface area contributed by atoms with Crippen LogP contribution < -0.4 is 5.32 Å². The van der Waals surface area contributed by atoms with Crippen molar-refractivity contribution in [3.05, 3.63) is 60.6 Å². The van der Waals surface area contributed by atoms with Gasteiger partial charge in [-0.05, 0) is 79.0 Å². The molecule has 0 saturated heterocycles. The van der Waals surface area contributed by atoms with E-state index in [2.05, 4.69) is 34.3 Å². The molecule has 39 heavy (non-hydrogen) atoms. The summed E-state index contributed by atoms with van der Waals surface area (Å²) in [4.78, 5) is 42.5. The third-order valence-electron chi connectivity index (χ3n) is 7.76. The third-order valence-corrected chi connectivity index (χ3v) is 8.64. The van der Waals surface area contributed by atoms with Gasteiger partial charge in [0.05, 0.1) is 5.69 Å². The number of carbonyl (C=O) groups is 2. The molecule has 0 aromatic carbocycles. The number of aromatic nitrogens is 4.